The number of rotatable bonds is 10. The summed E-state index contributed by atoms with van der Waals surface area (Å²) in [6.45, 7) is 0. The fourth-order valence-corrected chi connectivity index (χ4v) is 5.75. The molecule has 1 saturated heterocycles. The summed E-state index contributed by atoms with van der Waals surface area (Å²) in [7, 11) is 0. The van der Waals surface area contributed by atoms with Gasteiger partial charge < -0.3 is 4.74 Å². The highest BCUT2D eigenvalue weighted by Crippen LogP contribution is 2.39. The van der Waals surface area contributed by atoms with Crippen LogP contribution in [-0.2, 0) is 20.7 Å². The number of esters is 1. The molecule has 35 heavy (non-hydrogen) atoms. The second-order valence-electron chi connectivity index (χ2n) is 10.2. The van der Waals surface area contributed by atoms with Crippen LogP contribution in [-0.4, -0.2) is 11.8 Å². The molecule has 2 aromatic carbocycles. The largest absolute Gasteiger partial charge is 0.457 e. The number of aryl methyl sites for hydroxylation is 1. The van der Waals surface area contributed by atoms with Crippen molar-refractivity contribution in [3.63, 3.8) is 0 Å². The van der Waals surface area contributed by atoms with Crippen molar-refractivity contribution < 1.29 is 18.7 Å². The van der Waals surface area contributed by atoms with Crippen molar-refractivity contribution in [1.82, 2.24) is 0 Å². The number of ketones is 1. The van der Waals surface area contributed by atoms with E-state index in [2.05, 4.69) is 30.3 Å². The first-order valence-corrected chi connectivity index (χ1v) is 13.0. The van der Waals surface area contributed by atoms with Crippen LogP contribution in [0.4, 0.5) is 4.39 Å². The molecule has 1 saturated carbocycles. The lowest BCUT2D eigenvalue weighted by Crippen LogP contribution is -2.20. The van der Waals surface area contributed by atoms with Crippen LogP contribution in [0.1, 0.15) is 87.0 Å². The van der Waals surface area contributed by atoms with Gasteiger partial charge in [-0.25, -0.2) is 4.39 Å². The maximum atomic E-state index is 14.5. The number of cyclic esters (lactones) is 1. The van der Waals surface area contributed by atoms with Crippen molar-refractivity contribution in [3.05, 3.63) is 71.0 Å². The quantitative estimate of drug-likeness (QED) is 0.352. The Morgan fingerprint density at radius 2 is 1.69 bits per heavy atom. The van der Waals surface area contributed by atoms with Gasteiger partial charge in [0.05, 0.1) is 24.0 Å². The van der Waals surface area contributed by atoms with Gasteiger partial charge in [-0.3, -0.25) is 9.59 Å². The van der Waals surface area contributed by atoms with Crippen LogP contribution in [0.15, 0.2) is 48.5 Å². The Balaban J connectivity index is 1.18. The molecule has 2 aliphatic rings. The zero-order valence-electron chi connectivity index (χ0n) is 20.3. The minimum atomic E-state index is -0.894. The SMILES string of the molecule is N#Cc1ccc([C@H]2OC(=O)C[C@@H]2C(=O)CCCC2CCC(CCCc3ccccc3)CC2)c(F)c1. The average molecular weight is 476 g/mol. The van der Waals surface area contributed by atoms with E-state index in [9.17, 15) is 14.0 Å². The van der Waals surface area contributed by atoms with Crippen LogP contribution in [0.25, 0.3) is 0 Å². The topological polar surface area (TPSA) is 67.2 Å². The van der Waals surface area contributed by atoms with Crippen molar-refractivity contribution in [2.75, 3.05) is 0 Å². The lowest BCUT2D eigenvalue weighted by atomic mass is 9.77. The van der Waals surface area contributed by atoms with E-state index >= 15 is 0 Å². The molecule has 0 unspecified atom stereocenters. The molecule has 2 fully saturated rings. The number of benzene rings is 2. The van der Waals surface area contributed by atoms with Gasteiger partial charge in [-0.15, -0.1) is 0 Å². The van der Waals surface area contributed by atoms with E-state index in [1.54, 1.807) is 0 Å². The Morgan fingerprint density at radius 3 is 2.34 bits per heavy atom. The number of Topliss-reactive ketones (excluding diaryl/α,β-unsaturated/α-hetero) is 1. The normalized spacial score (nSPS) is 24.1. The summed E-state index contributed by atoms with van der Waals surface area (Å²) in [6.07, 6.45) is 10.0. The molecule has 0 amide bonds. The Kier molecular flexibility index (Phi) is 8.69. The van der Waals surface area contributed by atoms with E-state index in [1.165, 1.54) is 56.2 Å². The number of carbonyl (C=O) groups excluding carboxylic acids is 2. The summed E-state index contributed by atoms with van der Waals surface area (Å²) in [5, 5.41) is 8.94. The summed E-state index contributed by atoms with van der Waals surface area (Å²) in [5.41, 5.74) is 1.80. The number of hydrogen-bond donors (Lipinski definition) is 0. The number of ether oxygens (including phenoxy) is 1. The monoisotopic (exact) mass is 475 g/mol. The Morgan fingerprint density at radius 1 is 1.00 bits per heavy atom. The average Bonchev–Trinajstić information content (AvgIpc) is 3.27. The van der Waals surface area contributed by atoms with Crippen molar-refractivity contribution in [2.24, 2.45) is 17.8 Å². The Bertz CT molecular complexity index is 1050. The van der Waals surface area contributed by atoms with Crippen LogP contribution >= 0.6 is 0 Å². The van der Waals surface area contributed by atoms with Crippen molar-refractivity contribution in [3.8, 4) is 6.07 Å². The molecule has 1 heterocycles. The summed E-state index contributed by atoms with van der Waals surface area (Å²) >= 11 is 0. The standard InChI is InChI=1S/C30H34FNO3/c31-27-18-24(20-32)16-17-25(27)30-26(19-29(34)35-30)28(33)11-5-10-23-14-12-22(13-15-23)9-4-8-21-6-2-1-3-7-21/h1-3,6-7,16-18,22-23,26,30H,4-5,8-15,19H2/t22?,23?,26-,30-/m1/s1. The number of nitriles is 1. The summed E-state index contributed by atoms with van der Waals surface area (Å²) in [5.74, 6) is -0.267. The maximum Gasteiger partial charge on any atom is 0.307 e. The van der Waals surface area contributed by atoms with E-state index in [-0.39, 0.29) is 23.3 Å². The van der Waals surface area contributed by atoms with E-state index in [0.29, 0.717) is 12.3 Å². The van der Waals surface area contributed by atoms with Crippen molar-refractivity contribution in [2.45, 2.75) is 76.7 Å². The summed E-state index contributed by atoms with van der Waals surface area (Å²) in [4.78, 5) is 24.9. The number of carbonyl (C=O) groups is 2. The summed E-state index contributed by atoms with van der Waals surface area (Å²) < 4.78 is 19.8. The molecular formula is C30H34FNO3. The third kappa shape index (κ3) is 6.78. The van der Waals surface area contributed by atoms with Gasteiger partial charge in [0.25, 0.3) is 0 Å². The van der Waals surface area contributed by atoms with E-state index in [1.807, 2.05) is 6.07 Å². The molecular weight excluding hydrogens is 441 g/mol. The molecule has 0 N–H and O–H groups in total. The van der Waals surface area contributed by atoms with Crippen LogP contribution < -0.4 is 0 Å². The number of hydrogen-bond acceptors (Lipinski definition) is 4. The lowest BCUT2D eigenvalue weighted by Gasteiger charge is -2.28. The molecule has 4 nitrogen and oxygen atoms in total. The fraction of sp³-hybridized carbons (Fsp3) is 0.500. The van der Waals surface area contributed by atoms with Gasteiger partial charge in [0.15, 0.2) is 0 Å². The van der Waals surface area contributed by atoms with Gasteiger partial charge in [-0.05, 0) is 48.8 Å². The van der Waals surface area contributed by atoms with E-state index in [4.69, 9.17) is 10.00 Å². The van der Waals surface area contributed by atoms with Crippen LogP contribution in [0.2, 0.25) is 0 Å². The predicted octanol–water partition coefficient (Wildman–Crippen LogP) is 6.87. The maximum absolute atomic E-state index is 14.5. The smallest absolute Gasteiger partial charge is 0.307 e. The second kappa shape index (κ2) is 12.1. The third-order valence-corrected chi connectivity index (χ3v) is 7.78. The van der Waals surface area contributed by atoms with Crippen LogP contribution in [0, 0.1) is 34.9 Å². The zero-order chi connectivity index (χ0) is 24.6. The van der Waals surface area contributed by atoms with E-state index < -0.39 is 23.8 Å². The molecule has 0 spiro atoms. The van der Waals surface area contributed by atoms with Crippen LogP contribution in [0.5, 0.6) is 0 Å². The highest BCUT2D eigenvalue weighted by Gasteiger charge is 2.41. The van der Waals surface area contributed by atoms with Gasteiger partial charge in [0.2, 0.25) is 0 Å². The first-order valence-electron chi connectivity index (χ1n) is 13.0. The molecule has 0 aromatic heterocycles. The molecule has 1 aliphatic carbocycles. The van der Waals surface area contributed by atoms with Crippen LogP contribution in [0.3, 0.4) is 0 Å². The highest BCUT2D eigenvalue weighted by atomic mass is 19.1. The highest BCUT2D eigenvalue weighted by molar-refractivity contribution is 5.88. The lowest BCUT2D eigenvalue weighted by molar-refractivity contribution is -0.141. The first-order chi connectivity index (χ1) is 17.0. The molecule has 2 aromatic rings. The molecule has 2 atom stereocenters. The zero-order valence-corrected chi connectivity index (χ0v) is 20.3. The van der Waals surface area contributed by atoms with Crippen molar-refractivity contribution >= 4 is 11.8 Å². The number of nitrogens with zero attached hydrogens (tertiary/aromatic N) is 1. The summed E-state index contributed by atoms with van der Waals surface area (Å²) in [6, 6.07) is 16.6. The fourth-order valence-electron chi connectivity index (χ4n) is 5.75. The van der Waals surface area contributed by atoms with Gasteiger partial charge in [-0.1, -0.05) is 74.9 Å². The Labute approximate surface area is 207 Å². The molecule has 184 valence electrons. The van der Waals surface area contributed by atoms with Crippen molar-refractivity contribution in [1.29, 1.82) is 5.26 Å². The molecule has 0 radical (unpaired) electrons. The molecule has 4 rings (SSSR count). The molecule has 0 bridgehead atoms. The third-order valence-electron chi connectivity index (χ3n) is 7.78. The van der Waals surface area contributed by atoms with Gasteiger partial charge in [0, 0.05) is 12.0 Å². The molecule has 1 aliphatic heterocycles. The predicted molar refractivity (Wildman–Crippen MR) is 132 cm³/mol. The second-order valence-corrected chi connectivity index (χ2v) is 10.2. The molecule has 5 heteroatoms. The van der Waals surface area contributed by atoms with Gasteiger partial charge in [0.1, 0.15) is 17.7 Å². The Hall–Kier alpha value is -3.00. The van der Waals surface area contributed by atoms with E-state index in [0.717, 1.165) is 31.2 Å². The van der Waals surface area contributed by atoms with Gasteiger partial charge >= 0.3 is 5.97 Å². The minimum absolute atomic E-state index is 0.00295. The number of halogens is 1. The first kappa shape index (κ1) is 25.1. The minimum Gasteiger partial charge on any atom is -0.457 e. The van der Waals surface area contributed by atoms with Gasteiger partial charge in [-0.2, -0.15) is 5.26 Å².